The summed E-state index contributed by atoms with van der Waals surface area (Å²) in [6, 6.07) is 17.6. The number of amides is 1. The maximum atomic E-state index is 12.3. The highest BCUT2D eigenvalue weighted by atomic mass is 16.3. The maximum absolute atomic E-state index is 12.3. The molecule has 25 heavy (non-hydrogen) atoms. The number of phenolic OH excluding ortho intramolecular Hbond substituents is 1. The number of carbonyl (C=O) groups excluding carboxylic acids is 1. The van der Waals surface area contributed by atoms with Crippen LogP contribution in [0, 0.1) is 0 Å². The molecule has 0 aliphatic heterocycles. The van der Waals surface area contributed by atoms with Crippen molar-refractivity contribution in [2.75, 3.05) is 20.6 Å². The molecular formula is C21H28N2O2. The number of nitrogens with one attached hydrogen (secondary N) is 1. The van der Waals surface area contributed by atoms with E-state index in [0.717, 1.165) is 12.0 Å². The van der Waals surface area contributed by atoms with Crippen molar-refractivity contribution in [2.24, 2.45) is 0 Å². The topological polar surface area (TPSA) is 52.6 Å². The van der Waals surface area contributed by atoms with Crippen LogP contribution in [0.15, 0.2) is 54.6 Å². The van der Waals surface area contributed by atoms with Gasteiger partial charge in [-0.05, 0) is 49.7 Å². The Kier molecular flexibility index (Phi) is 7.02. The fourth-order valence-corrected chi connectivity index (χ4v) is 2.82. The van der Waals surface area contributed by atoms with E-state index < -0.39 is 0 Å². The second-order valence-corrected chi connectivity index (χ2v) is 6.81. The molecule has 0 saturated heterocycles. The van der Waals surface area contributed by atoms with Gasteiger partial charge in [-0.1, -0.05) is 49.4 Å². The molecule has 2 N–H and O–H groups in total. The Bertz CT molecular complexity index is 653. The molecule has 4 heteroatoms. The fourth-order valence-electron chi connectivity index (χ4n) is 2.82. The van der Waals surface area contributed by atoms with E-state index in [9.17, 15) is 9.90 Å². The lowest BCUT2D eigenvalue weighted by Gasteiger charge is -2.25. The molecule has 0 aromatic heterocycles. The minimum Gasteiger partial charge on any atom is -0.508 e. The van der Waals surface area contributed by atoms with Gasteiger partial charge in [0, 0.05) is 19.0 Å². The quantitative estimate of drug-likeness (QED) is 0.776. The smallest absolute Gasteiger partial charge is 0.220 e. The van der Waals surface area contributed by atoms with Crippen LogP contribution in [0.25, 0.3) is 0 Å². The molecule has 1 amide bonds. The van der Waals surface area contributed by atoms with Gasteiger partial charge in [-0.15, -0.1) is 0 Å². The summed E-state index contributed by atoms with van der Waals surface area (Å²) < 4.78 is 0. The van der Waals surface area contributed by atoms with Gasteiger partial charge in [0.15, 0.2) is 0 Å². The summed E-state index contributed by atoms with van der Waals surface area (Å²) in [6.45, 7) is 2.68. The number of hydrogen-bond donors (Lipinski definition) is 2. The number of benzene rings is 2. The molecule has 0 unspecified atom stereocenters. The number of aromatic hydroxyl groups is 1. The Morgan fingerprint density at radius 3 is 2.32 bits per heavy atom. The van der Waals surface area contributed by atoms with E-state index in [-0.39, 0.29) is 23.6 Å². The van der Waals surface area contributed by atoms with Crippen molar-refractivity contribution in [3.05, 3.63) is 65.7 Å². The summed E-state index contributed by atoms with van der Waals surface area (Å²) in [7, 11) is 4.04. The van der Waals surface area contributed by atoms with Gasteiger partial charge in [0.05, 0.1) is 0 Å². The first kappa shape index (κ1) is 19.0. The Morgan fingerprint density at radius 2 is 1.72 bits per heavy atom. The highest BCUT2D eigenvalue weighted by Crippen LogP contribution is 2.18. The molecular weight excluding hydrogens is 312 g/mol. The third kappa shape index (κ3) is 6.24. The van der Waals surface area contributed by atoms with Crippen molar-refractivity contribution in [2.45, 2.75) is 31.7 Å². The predicted octanol–water partition coefficient (Wildman–Crippen LogP) is 3.17. The van der Waals surface area contributed by atoms with Crippen molar-refractivity contribution in [3.63, 3.8) is 0 Å². The zero-order valence-electron chi connectivity index (χ0n) is 15.3. The molecule has 0 fully saturated rings. The lowest BCUT2D eigenvalue weighted by Crippen LogP contribution is -2.41. The van der Waals surface area contributed by atoms with Crippen LogP contribution in [0.3, 0.4) is 0 Å². The van der Waals surface area contributed by atoms with Crippen molar-refractivity contribution in [1.82, 2.24) is 10.2 Å². The van der Waals surface area contributed by atoms with Crippen LogP contribution in [0.5, 0.6) is 5.75 Å². The first-order chi connectivity index (χ1) is 12.0. The van der Waals surface area contributed by atoms with Gasteiger partial charge in [-0.25, -0.2) is 0 Å². The van der Waals surface area contributed by atoms with Gasteiger partial charge in [-0.3, -0.25) is 4.79 Å². The molecule has 2 aromatic carbocycles. The SMILES string of the molecule is C[C@H](CC(=O)NC[C@H](Cc1ccc(O)cc1)N(C)C)c1ccccc1. The molecule has 0 heterocycles. The first-order valence-electron chi connectivity index (χ1n) is 8.71. The van der Waals surface area contributed by atoms with E-state index in [2.05, 4.69) is 29.3 Å². The molecule has 0 bridgehead atoms. The minimum atomic E-state index is 0.0777. The fraction of sp³-hybridized carbons (Fsp3) is 0.381. The van der Waals surface area contributed by atoms with Crippen LogP contribution in [0.1, 0.15) is 30.4 Å². The summed E-state index contributed by atoms with van der Waals surface area (Å²) in [5.74, 6) is 0.554. The Balaban J connectivity index is 1.85. The molecule has 2 rings (SSSR count). The van der Waals surface area contributed by atoms with E-state index in [0.29, 0.717) is 13.0 Å². The van der Waals surface area contributed by atoms with Crippen LogP contribution in [0.2, 0.25) is 0 Å². The first-order valence-corrected chi connectivity index (χ1v) is 8.71. The molecule has 134 valence electrons. The monoisotopic (exact) mass is 340 g/mol. The van der Waals surface area contributed by atoms with Gasteiger partial charge in [0.2, 0.25) is 5.91 Å². The summed E-state index contributed by atoms with van der Waals surface area (Å²) >= 11 is 0. The number of rotatable bonds is 8. The zero-order valence-corrected chi connectivity index (χ0v) is 15.3. The number of hydrogen-bond acceptors (Lipinski definition) is 3. The summed E-state index contributed by atoms with van der Waals surface area (Å²) in [6.07, 6.45) is 1.31. The van der Waals surface area contributed by atoms with Crippen LogP contribution in [-0.4, -0.2) is 42.6 Å². The second kappa shape index (κ2) is 9.23. The third-order valence-corrected chi connectivity index (χ3v) is 4.53. The molecule has 0 saturated carbocycles. The van der Waals surface area contributed by atoms with Crippen LogP contribution >= 0.6 is 0 Å². The molecule has 2 aromatic rings. The normalized spacial score (nSPS) is 13.4. The molecule has 0 aliphatic carbocycles. The lowest BCUT2D eigenvalue weighted by atomic mass is 9.97. The number of carbonyl (C=O) groups is 1. The average molecular weight is 340 g/mol. The van der Waals surface area contributed by atoms with E-state index in [4.69, 9.17) is 0 Å². The maximum Gasteiger partial charge on any atom is 0.220 e. The Morgan fingerprint density at radius 1 is 1.08 bits per heavy atom. The third-order valence-electron chi connectivity index (χ3n) is 4.53. The van der Waals surface area contributed by atoms with E-state index in [1.807, 2.05) is 44.4 Å². The van der Waals surface area contributed by atoms with E-state index >= 15 is 0 Å². The van der Waals surface area contributed by atoms with Crippen LogP contribution < -0.4 is 5.32 Å². The predicted molar refractivity (Wildman–Crippen MR) is 102 cm³/mol. The van der Waals surface area contributed by atoms with Gasteiger partial charge in [-0.2, -0.15) is 0 Å². The molecule has 0 aliphatic rings. The highest BCUT2D eigenvalue weighted by molar-refractivity contribution is 5.76. The Hall–Kier alpha value is -2.33. The molecule has 2 atom stereocenters. The van der Waals surface area contributed by atoms with E-state index in [1.54, 1.807) is 12.1 Å². The molecule has 0 radical (unpaired) electrons. The highest BCUT2D eigenvalue weighted by Gasteiger charge is 2.16. The van der Waals surface area contributed by atoms with Gasteiger partial charge in [0.25, 0.3) is 0 Å². The zero-order chi connectivity index (χ0) is 18.2. The minimum absolute atomic E-state index is 0.0777. The standard InChI is InChI=1S/C21H28N2O2/c1-16(18-7-5-4-6-8-18)13-21(25)22-15-19(23(2)3)14-17-9-11-20(24)12-10-17/h4-12,16,19,24H,13-15H2,1-3H3,(H,22,25)/t16-,19+/m1/s1. The largest absolute Gasteiger partial charge is 0.508 e. The van der Waals surface area contributed by atoms with Gasteiger partial charge >= 0.3 is 0 Å². The van der Waals surface area contributed by atoms with Gasteiger partial charge < -0.3 is 15.3 Å². The second-order valence-electron chi connectivity index (χ2n) is 6.81. The number of likely N-dealkylation sites (N-methyl/N-ethyl adjacent to an activating group) is 1. The summed E-state index contributed by atoms with van der Waals surface area (Å²) in [5.41, 5.74) is 2.33. The Labute approximate surface area is 150 Å². The molecule has 0 spiro atoms. The van der Waals surface area contributed by atoms with Crippen molar-refractivity contribution < 1.29 is 9.90 Å². The lowest BCUT2D eigenvalue weighted by molar-refractivity contribution is -0.121. The summed E-state index contributed by atoms with van der Waals surface area (Å²) in [5, 5.41) is 12.5. The van der Waals surface area contributed by atoms with Crippen molar-refractivity contribution >= 4 is 5.91 Å². The van der Waals surface area contributed by atoms with Crippen molar-refractivity contribution in [3.8, 4) is 5.75 Å². The number of nitrogens with zero attached hydrogens (tertiary/aromatic N) is 1. The van der Waals surface area contributed by atoms with E-state index in [1.165, 1.54) is 5.56 Å². The van der Waals surface area contributed by atoms with Crippen LogP contribution in [0.4, 0.5) is 0 Å². The van der Waals surface area contributed by atoms with Crippen molar-refractivity contribution in [1.29, 1.82) is 0 Å². The molecule has 4 nitrogen and oxygen atoms in total. The van der Waals surface area contributed by atoms with Crippen LogP contribution in [-0.2, 0) is 11.2 Å². The average Bonchev–Trinajstić information content (AvgIpc) is 2.60. The number of phenols is 1. The van der Waals surface area contributed by atoms with Gasteiger partial charge in [0.1, 0.15) is 5.75 Å². The summed E-state index contributed by atoms with van der Waals surface area (Å²) in [4.78, 5) is 14.4.